The van der Waals surface area contributed by atoms with Crippen molar-refractivity contribution in [2.24, 2.45) is 11.8 Å². The Labute approximate surface area is 165 Å². The number of sulfonamides is 1. The molecule has 1 aliphatic heterocycles. The van der Waals surface area contributed by atoms with E-state index in [9.17, 15) is 13.2 Å². The first-order valence-corrected chi connectivity index (χ1v) is 10.9. The number of nitrogens with zero attached hydrogens (tertiary/aromatic N) is 5. The number of carbonyl (C=O) groups excluding carboxylic acids is 1. The van der Waals surface area contributed by atoms with Crippen molar-refractivity contribution in [2.75, 3.05) is 19.6 Å². The monoisotopic (exact) mass is 406 g/mol. The lowest BCUT2D eigenvalue weighted by Gasteiger charge is -2.31. The fourth-order valence-corrected chi connectivity index (χ4v) is 4.73. The van der Waals surface area contributed by atoms with Gasteiger partial charge in [-0.2, -0.15) is 4.31 Å². The number of carbonyl (C=O) groups is 1. The molecule has 1 atom stereocenters. The molecule has 9 nitrogen and oxygen atoms in total. The number of amides is 1. The normalized spacial score (nSPS) is 18.3. The van der Waals surface area contributed by atoms with Crippen LogP contribution in [0.1, 0.15) is 33.1 Å². The lowest BCUT2D eigenvalue weighted by atomic mass is 9.98. The van der Waals surface area contributed by atoms with Crippen LogP contribution in [0.2, 0.25) is 0 Å². The molecule has 0 unspecified atom stereocenters. The minimum absolute atomic E-state index is 0.0606. The second-order valence-electron chi connectivity index (χ2n) is 7.42. The van der Waals surface area contributed by atoms with Gasteiger partial charge in [0.25, 0.3) is 0 Å². The molecule has 0 spiro atoms. The van der Waals surface area contributed by atoms with Crippen molar-refractivity contribution in [1.82, 2.24) is 29.8 Å². The van der Waals surface area contributed by atoms with Gasteiger partial charge >= 0.3 is 0 Å². The molecule has 2 heterocycles. The number of rotatable bonds is 7. The summed E-state index contributed by atoms with van der Waals surface area (Å²) in [5.41, 5.74) is 0.671. The molecular weight excluding hydrogens is 380 g/mol. The third kappa shape index (κ3) is 4.74. The molecule has 0 saturated carbocycles. The van der Waals surface area contributed by atoms with E-state index in [1.807, 2.05) is 0 Å². The molecule has 10 heteroatoms. The highest BCUT2D eigenvalue weighted by Crippen LogP contribution is 2.24. The molecule has 2 aromatic rings. The maximum absolute atomic E-state index is 13.0. The molecule has 0 aliphatic carbocycles. The molecular formula is C18H26N6O3S. The molecule has 152 valence electrons. The topological polar surface area (TPSA) is 110 Å². The molecule has 1 saturated heterocycles. The first kappa shape index (κ1) is 20.4. The zero-order valence-electron chi connectivity index (χ0n) is 16.2. The summed E-state index contributed by atoms with van der Waals surface area (Å²) in [5.74, 6) is 0.144. The fraction of sp³-hybridized carbons (Fsp3) is 0.556. The van der Waals surface area contributed by atoms with Crippen LogP contribution in [0.15, 0.2) is 35.5 Å². The smallest absolute Gasteiger partial charge is 0.243 e. The van der Waals surface area contributed by atoms with Crippen molar-refractivity contribution in [3.8, 4) is 5.69 Å². The Kier molecular flexibility index (Phi) is 6.40. The van der Waals surface area contributed by atoms with E-state index in [2.05, 4.69) is 34.7 Å². The first-order chi connectivity index (χ1) is 13.4. The van der Waals surface area contributed by atoms with Gasteiger partial charge in [-0.1, -0.05) is 13.8 Å². The summed E-state index contributed by atoms with van der Waals surface area (Å²) >= 11 is 0. The van der Waals surface area contributed by atoms with Gasteiger partial charge in [-0.25, -0.2) is 13.1 Å². The third-order valence-electron chi connectivity index (χ3n) is 4.86. The van der Waals surface area contributed by atoms with E-state index in [0.717, 1.165) is 6.42 Å². The lowest BCUT2D eigenvalue weighted by Crippen LogP contribution is -2.45. The molecule has 0 bridgehead atoms. The Balaban J connectivity index is 1.66. The summed E-state index contributed by atoms with van der Waals surface area (Å²) in [7, 11) is -3.66. The van der Waals surface area contributed by atoms with E-state index in [1.165, 1.54) is 15.3 Å². The van der Waals surface area contributed by atoms with Crippen LogP contribution in [0.4, 0.5) is 0 Å². The fourth-order valence-electron chi connectivity index (χ4n) is 3.20. The van der Waals surface area contributed by atoms with E-state index in [1.54, 1.807) is 24.3 Å². The van der Waals surface area contributed by atoms with Crippen LogP contribution < -0.4 is 5.32 Å². The Bertz CT molecular complexity index is 881. The molecule has 1 N–H and O–H groups in total. The summed E-state index contributed by atoms with van der Waals surface area (Å²) in [6, 6.07) is 6.39. The molecule has 3 rings (SSSR count). The van der Waals surface area contributed by atoms with Crippen molar-refractivity contribution in [3.63, 3.8) is 0 Å². The Morgan fingerprint density at radius 1 is 1.29 bits per heavy atom. The first-order valence-electron chi connectivity index (χ1n) is 9.49. The minimum atomic E-state index is -3.66. The van der Waals surface area contributed by atoms with E-state index in [0.29, 0.717) is 37.5 Å². The number of benzene rings is 1. The standard InChI is InChI=1S/C18H26N6O3S/c1-14(2)9-10-19-18(25)15-4-3-11-23(12-15)28(26,27)17-7-5-16(6-8-17)24-13-20-21-22-24/h5-8,13-15H,3-4,9-12H2,1-2H3,(H,19,25)/t15-/m0/s1. The predicted molar refractivity (Wildman–Crippen MR) is 103 cm³/mol. The highest BCUT2D eigenvalue weighted by molar-refractivity contribution is 7.89. The quantitative estimate of drug-likeness (QED) is 0.740. The van der Waals surface area contributed by atoms with Gasteiger partial charge in [0.05, 0.1) is 16.5 Å². The van der Waals surface area contributed by atoms with Crippen molar-refractivity contribution < 1.29 is 13.2 Å². The molecule has 1 aliphatic rings. The van der Waals surface area contributed by atoms with Crippen LogP contribution in [0, 0.1) is 11.8 Å². The highest BCUT2D eigenvalue weighted by Gasteiger charge is 2.33. The Hall–Kier alpha value is -2.33. The van der Waals surface area contributed by atoms with Crippen LogP contribution in [0.5, 0.6) is 0 Å². The maximum atomic E-state index is 13.0. The van der Waals surface area contributed by atoms with Crippen molar-refractivity contribution >= 4 is 15.9 Å². The summed E-state index contributed by atoms with van der Waals surface area (Å²) in [4.78, 5) is 12.6. The van der Waals surface area contributed by atoms with Crippen LogP contribution in [-0.2, 0) is 14.8 Å². The zero-order valence-corrected chi connectivity index (χ0v) is 17.0. The molecule has 1 fully saturated rings. The molecule has 28 heavy (non-hydrogen) atoms. The van der Waals surface area contributed by atoms with Gasteiger partial charge in [0.1, 0.15) is 6.33 Å². The average Bonchev–Trinajstić information content (AvgIpc) is 3.22. The minimum Gasteiger partial charge on any atom is -0.356 e. The zero-order chi connectivity index (χ0) is 20.1. The van der Waals surface area contributed by atoms with Crippen molar-refractivity contribution in [2.45, 2.75) is 38.0 Å². The van der Waals surface area contributed by atoms with E-state index in [-0.39, 0.29) is 23.3 Å². The molecule has 1 aromatic carbocycles. The number of tetrazole rings is 1. The van der Waals surface area contributed by atoms with Gasteiger partial charge in [0, 0.05) is 19.6 Å². The van der Waals surface area contributed by atoms with Crippen LogP contribution in [0.25, 0.3) is 5.69 Å². The van der Waals surface area contributed by atoms with Crippen LogP contribution in [0.3, 0.4) is 0 Å². The second-order valence-corrected chi connectivity index (χ2v) is 9.36. The lowest BCUT2D eigenvalue weighted by molar-refractivity contribution is -0.126. The van der Waals surface area contributed by atoms with Crippen LogP contribution >= 0.6 is 0 Å². The number of aromatic nitrogens is 4. The second kappa shape index (κ2) is 8.78. The summed E-state index contributed by atoms with van der Waals surface area (Å²) < 4.78 is 28.9. The summed E-state index contributed by atoms with van der Waals surface area (Å²) in [5, 5.41) is 13.9. The molecule has 0 radical (unpaired) electrons. The predicted octanol–water partition coefficient (Wildman–Crippen LogP) is 1.23. The van der Waals surface area contributed by atoms with Gasteiger partial charge in [-0.15, -0.1) is 5.10 Å². The van der Waals surface area contributed by atoms with Crippen molar-refractivity contribution in [3.05, 3.63) is 30.6 Å². The summed E-state index contributed by atoms with van der Waals surface area (Å²) in [6.07, 6.45) is 3.73. The number of hydrogen-bond donors (Lipinski definition) is 1. The van der Waals surface area contributed by atoms with Gasteiger partial charge < -0.3 is 5.32 Å². The number of piperidine rings is 1. The van der Waals surface area contributed by atoms with Gasteiger partial charge in [-0.05, 0) is 59.9 Å². The molecule has 1 amide bonds. The third-order valence-corrected chi connectivity index (χ3v) is 6.74. The van der Waals surface area contributed by atoms with Gasteiger partial charge in [0.15, 0.2) is 0 Å². The summed E-state index contributed by atoms with van der Waals surface area (Å²) in [6.45, 7) is 5.47. The Morgan fingerprint density at radius 3 is 2.68 bits per heavy atom. The van der Waals surface area contributed by atoms with E-state index < -0.39 is 10.0 Å². The number of hydrogen-bond acceptors (Lipinski definition) is 6. The van der Waals surface area contributed by atoms with Crippen LogP contribution in [-0.4, -0.2) is 58.5 Å². The van der Waals surface area contributed by atoms with E-state index in [4.69, 9.17) is 0 Å². The van der Waals surface area contributed by atoms with Crippen molar-refractivity contribution in [1.29, 1.82) is 0 Å². The number of nitrogens with one attached hydrogen (secondary N) is 1. The Morgan fingerprint density at radius 2 is 2.04 bits per heavy atom. The largest absolute Gasteiger partial charge is 0.356 e. The maximum Gasteiger partial charge on any atom is 0.243 e. The molecule has 1 aromatic heterocycles. The van der Waals surface area contributed by atoms with Gasteiger partial charge in [0.2, 0.25) is 15.9 Å². The van der Waals surface area contributed by atoms with E-state index >= 15 is 0 Å². The highest BCUT2D eigenvalue weighted by atomic mass is 32.2. The average molecular weight is 407 g/mol. The SMILES string of the molecule is CC(C)CCNC(=O)[C@H]1CCCN(S(=O)(=O)c2ccc(-n3cnnn3)cc2)C1. The van der Waals surface area contributed by atoms with Gasteiger partial charge in [-0.3, -0.25) is 4.79 Å².